The summed E-state index contributed by atoms with van der Waals surface area (Å²) in [5, 5.41) is 76.4. The van der Waals surface area contributed by atoms with Crippen molar-refractivity contribution in [3.63, 3.8) is 0 Å². The number of rotatable bonds is 46. The number of hydrogen-bond donors (Lipinski definition) is 6. The minimum atomic E-state index is -2.28. The van der Waals surface area contributed by atoms with E-state index in [0.717, 1.165) is 66.3 Å². The number of hydrogen-bond acceptors (Lipinski definition) is 20. The van der Waals surface area contributed by atoms with Crippen molar-refractivity contribution < 1.29 is 67.6 Å². The van der Waals surface area contributed by atoms with Crippen LogP contribution in [0.25, 0.3) is 38.2 Å². The number of ether oxygens (including phenoxy) is 8. The number of ketones is 1. The number of nitriles is 2. The maximum atomic E-state index is 11.9. The number of anilines is 1. The van der Waals surface area contributed by atoms with E-state index in [4.69, 9.17) is 37.9 Å². The number of Topliss-reactive ketones (excluding diaryl/α,β-unsaturated/α-hetero) is 1. The fourth-order valence-electron chi connectivity index (χ4n) is 13.7. The van der Waals surface area contributed by atoms with Gasteiger partial charge in [-0.15, -0.1) is 0 Å². The second-order valence-corrected chi connectivity index (χ2v) is 32.0. The normalized spacial score (nSPS) is 13.4. The van der Waals surface area contributed by atoms with Crippen molar-refractivity contribution >= 4 is 88.6 Å². The lowest BCUT2D eigenvalue weighted by Gasteiger charge is -2.38. The minimum absolute atomic E-state index is 0.0387. The molecule has 0 saturated carbocycles. The second kappa shape index (κ2) is 42.4. The molecule has 0 saturated heterocycles. The molecule has 109 heavy (non-hydrogen) atoms. The van der Waals surface area contributed by atoms with Gasteiger partial charge in [0.15, 0.2) is 5.78 Å². The van der Waals surface area contributed by atoms with Gasteiger partial charge in [0.2, 0.25) is 5.91 Å². The first-order chi connectivity index (χ1) is 52.7. The summed E-state index contributed by atoms with van der Waals surface area (Å²) in [5.41, 5.74) is 15.2. The molecule has 7 aromatic carbocycles. The molecule has 0 atom stereocenters. The van der Waals surface area contributed by atoms with Crippen LogP contribution in [0.5, 0.6) is 0 Å². The number of nitrogens with one attached hydrogen (secondary N) is 2. The van der Waals surface area contributed by atoms with Crippen LogP contribution in [0.4, 0.5) is 5.69 Å². The summed E-state index contributed by atoms with van der Waals surface area (Å²) in [5.74, 6) is -0.172. The van der Waals surface area contributed by atoms with Gasteiger partial charge in [-0.3, -0.25) is 24.4 Å². The zero-order valence-corrected chi connectivity index (χ0v) is 65.1. The highest BCUT2D eigenvalue weighted by Gasteiger charge is 2.40. The predicted octanol–water partition coefficient (Wildman–Crippen LogP) is 8.71. The van der Waals surface area contributed by atoms with Crippen LogP contribution in [0.1, 0.15) is 76.8 Å². The Morgan fingerprint density at radius 1 is 0.560 bits per heavy atom. The number of aliphatic imine (C=N–C) groups is 1. The molecule has 1 heterocycles. The number of nitrogens with zero attached hydrogens (tertiary/aromatic N) is 5. The molecule has 1 aliphatic heterocycles. The summed E-state index contributed by atoms with van der Waals surface area (Å²) in [6, 6.07) is 42.7. The van der Waals surface area contributed by atoms with E-state index in [2.05, 4.69) is 156 Å². The third-order valence-electron chi connectivity index (χ3n) is 19.6. The van der Waals surface area contributed by atoms with Gasteiger partial charge in [0.25, 0.3) is 0 Å². The zero-order valence-electron chi connectivity index (χ0n) is 64.1. The van der Waals surface area contributed by atoms with E-state index in [1.807, 2.05) is 26.2 Å². The number of amides is 1. The van der Waals surface area contributed by atoms with Gasteiger partial charge in [-0.1, -0.05) is 99.1 Å². The summed E-state index contributed by atoms with van der Waals surface area (Å²) in [6.45, 7) is 25.5. The molecule has 1 aliphatic carbocycles. The molecule has 7 aromatic rings. The average Bonchev–Trinajstić information content (AvgIpc) is 0.717. The second-order valence-electron chi connectivity index (χ2n) is 27.7. The lowest BCUT2D eigenvalue weighted by atomic mass is 9.76. The Morgan fingerprint density at radius 2 is 1.06 bits per heavy atom. The quantitative estimate of drug-likeness (QED) is 0.00900. The largest absolute Gasteiger partial charge is 0.488 e. The Balaban J connectivity index is 1.06. The third-order valence-corrected chi connectivity index (χ3v) is 23.1. The van der Waals surface area contributed by atoms with E-state index in [-0.39, 0.29) is 55.5 Å². The Hall–Kier alpha value is -8.86. The first-order valence-electron chi connectivity index (χ1n) is 37.2. The summed E-state index contributed by atoms with van der Waals surface area (Å²) in [6.07, 6.45) is 7.67. The number of benzene rings is 7. The molecule has 2 aliphatic rings. The van der Waals surface area contributed by atoms with Gasteiger partial charge in [0, 0.05) is 84.2 Å². The molecule has 6 N–H and O–H groups in total. The number of allylic oxidation sites excluding steroid dienone is 6. The monoisotopic (exact) mass is 1500 g/mol. The summed E-state index contributed by atoms with van der Waals surface area (Å²) in [4.78, 5) is 32.7. The lowest BCUT2D eigenvalue weighted by molar-refractivity contribution is -0.118. The van der Waals surface area contributed by atoms with E-state index in [0.29, 0.717) is 165 Å². The van der Waals surface area contributed by atoms with Gasteiger partial charge in [0.05, 0.1) is 128 Å². The number of carbonyl (C=O) groups is 2. The SMILES string of the molecule is C=C(C)C(=O)CCCOCCOCCOCCOCCN(Cc1cc(C#N)ccc1B(O)O)Cc1c2ccccc2c(CN(CCOCCOCCOCCOCCNC(=O)C(=C)C)Cc2cc(C#N)ccc2B(O)O)c2ccc(-c3ccc(C)c(C4=C5C=CC(=NC)C=C5[Si](C)(C)c5cc(NC)ccc54)c3)cc12. The van der Waals surface area contributed by atoms with Crippen molar-refractivity contribution in [2.24, 2.45) is 4.99 Å². The highest BCUT2D eigenvalue weighted by atomic mass is 28.3. The molecule has 0 bridgehead atoms. The molecule has 24 heteroatoms. The zero-order chi connectivity index (χ0) is 77.8. The Bertz CT molecular complexity index is 4560. The molecule has 9 rings (SSSR count). The molecule has 0 aromatic heterocycles. The molecule has 0 fully saturated rings. The topological polar surface area (TPSA) is 279 Å². The van der Waals surface area contributed by atoms with E-state index in [1.165, 1.54) is 27.1 Å². The summed E-state index contributed by atoms with van der Waals surface area (Å²) < 4.78 is 47.0. The maximum Gasteiger partial charge on any atom is 0.488 e. The molecule has 0 unspecified atom stereocenters. The van der Waals surface area contributed by atoms with Gasteiger partial charge in [-0.25, -0.2) is 0 Å². The Morgan fingerprint density at radius 3 is 1.56 bits per heavy atom. The molecule has 572 valence electrons. The Kier molecular flexibility index (Phi) is 32.7. The van der Waals surface area contributed by atoms with Crippen LogP contribution < -0.4 is 26.7 Å². The molecule has 1 amide bonds. The van der Waals surface area contributed by atoms with Crippen molar-refractivity contribution in [3.05, 3.63) is 219 Å². The predicted molar refractivity (Wildman–Crippen MR) is 435 cm³/mol. The van der Waals surface area contributed by atoms with E-state index < -0.39 is 22.3 Å². The highest BCUT2D eigenvalue weighted by molar-refractivity contribution is 6.98. The third kappa shape index (κ3) is 23.4. The van der Waals surface area contributed by atoms with E-state index >= 15 is 0 Å². The van der Waals surface area contributed by atoms with Crippen molar-refractivity contribution in [1.29, 1.82) is 10.5 Å². The van der Waals surface area contributed by atoms with Gasteiger partial charge >= 0.3 is 14.2 Å². The summed E-state index contributed by atoms with van der Waals surface area (Å²) >= 11 is 0. The van der Waals surface area contributed by atoms with Gasteiger partial charge in [-0.05, 0) is 198 Å². The van der Waals surface area contributed by atoms with E-state index in [9.17, 15) is 40.2 Å². The van der Waals surface area contributed by atoms with Gasteiger partial charge in [-0.2, -0.15) is 10.5 Å². The standard InChI is InChI=1S/C85H103B2N7O14Si/c1-59(2)81(95)15-12-31-101-35-39-105-43-45-107-42-38-104-34-30-94(56-67-48-63(54-89)18-27-80(67)87(99)100)58-78-71-14-11-10-13-70(71)77(57-93(55-66-47-62(53-88)17-26-79(66)86(97)98)29-33-103-37-41-108-46-44-106-40-36-102-32-28-92-85(96)60(3)4)72-23-20-65(50-76(72)78)64-19-16-61(5)75(49-64)84-73-24-21-68(90-6)51-82(73)109(8,9)83-52-69(91-7)22-25-74(83)84/h10-11,13-14,16-27,47-52,90,97-100H,1,3,12,15,28-46,55-58H2,2,4-9H3,(H,92,96). The van der Waals surface area contributed by atoms with Crippen LogP contribution in [0, 0.1) is 29.6 Å². The maximum absolute atomic E-state index is 11.9. The molecule has 0 radical (unpaired) electrons. The van der Waals surface area contributed by atoms with Crippen LogP contribution in [0.3, 0.4) is 0 Å². The molecule has 21 nitrogen and oxygen atoms in total. The first kappa shape index (κ1) is 84.2. The fourth-order valence-corrected chi connectivity index (χ4v) is 16.8. The number of carbonyl (C=O) groups excluding carboxylic acids is 2. The minimum Gasteiger partial charge on any atom is -0.423 e. The van der Waals surface area contributed by atoms with Crippen LogP contribution in [0.15, 0.2) is 174 Å². The van der Waals surface area contributed by atoms with Gasteiger partial charge in [0.1, 0.15) is 8.07 Å². The highest BCUT2D eigenvalue weighted by Crippen LogP contribution is 2.44. The fraction of sp³-hybridized carbons (Fsp3) is 0.376. The van der Waals surface area contributed by atoms with Crippen LogP contribution in [0.2, 0.25) is 13.1 Å². The van der Waals surface area contributed by atoms with Crippen LogP contribution in [-0.4, -0.2) is 209 Å². The average molecular weight is 1500 g/mol. The van der Waals surface area contributed by atoms with Crippen molar-refractivity contribution in [2.45, 2.75) is 72.9 Å². The molecule has 0 spiro atoms. The van der Waals surface area contributed by atoms with Crippen molar-refractivity contribution in [2.75, 3.05) is 145 Å². The van der Waals surface area contributed by atoms with Crippen molar-refractivity contribution in [1.82, 2.24) is 15.1 Å². The van der Waals surface area contributed by atoms with Gasteiger partial charge < -0.3 is 68.6 Å². The van der Waals surface area contributed by atoms with E-state index in [1.54, 1.807) is 50.2 Å². The molecular formula is C85H103B2N7O14Si. The smallest absolute Gasteiger partial charge is 0.423 e. The number of fused-ring (bicyclic) bond motifs is 4. The lowest BCUT2D eigenvalue weighted by Crippen LogP contribution is -2.49. The molecular weight excluding hydrogens is 1390 g/mol. The number of aryl methyl sites for hydroxylation is 1. The van der Waals surface area contributed by atoms with Crippen LogP contribution in [-0.2, 0) is 73.7 Å². The van der Waals surface area contributed by atoms with Crippen molar-refractivity contribution in [3.8, 4) is 23.3 Å². The Labute approximate surface area is 643 Å². The van der Waals surface area contributed by atoms with Crippen LogP contribution >= 0.6 is 0 Å². The summed E-state index contributed by atoms with van der Waals surface area (Å²) in [7, 11) is -2.10. The first-order valence-corrected chi connectivity index (χ1v) is 40.2.